The molecule has 0 saturated heterocycles. The van der Waals surface area contributed by atoms with E-state index in [1.807, 2.05) is 27.2 Å². The van der Waals surface area contributed by atoms with E-state index in [-0.39, 0.29) is 12.5 Å². The van der Waals surface area contributed by atoms with Gasteiger partial charge in [-0.3, -0.25) is 9.36 Å². The SMILES string of the molecule is CCCCCC/C=C/CC/C=C/C(O)C(COP(=O)([O-])OCC[N+](C)(C)C)NC(=O)CCCCCCCC. The second-order valence-electron chi connectivity index (χ2n) is 11.1. The molecule has 0 saturated carbocycles. The Kier molecular flexibility index (Phi) is 22.1. The number of quaternary nitrogens is 1. The average molecular weight is 561 g/mol. The molecule has 38 heavy (non-hydrogen) atoms. The highest BCUT2D eigenvalue weighted by Gasteiger charge is 2.23. The number of aliphatic hydroxyl groups excluding tert-OH is 1. The van der Waals surface area contributed by atoms with E-state index in [1.54, 1.807) is 6.08 Å². The van der Waals surface area contributed by atoms with Crippen LogP contribution in [0.1, 0.15) is 104 Å². The van der Waals surface area contributed by atoms with Crippen LogP contribution in [0.4, 0.5) is 0 Å². The Labute approximate surface area is 233 Å². The Bertz CT molecular complexity index is 693. The van der Waals surface area contributed by atoms with Crippen LogP contribution < -0.4 is 10.2 Å². The van der Waals surface area contributed by atoms with Crippen molar-refractivity contribution in [3.8, 4) is 0 Å². The van der Waals surface area contributed by atoms with Gasteiger partial charge >= 0.3 is 0 Å². The normalized spacial score (nSPS) is 15.7. The van der Waals surface area contributed by atoms with Crippen molar-refractivity contribution >= 4 is 13.7 Å². The standard InChI is InChI=1S/C29H57N2O6P/c1-6-8-10-12-14-15-16-17-18-20-22-28(32)27(30-29(33)23-21-19-13-11-9-7-2)26-37-38(34,35)36-25-24-31(3,4)5/h15-16,20,22,27-28,32H,6-14,17-19,21,23-26H2,1-5H3,(H-,30,33,34,35)/b16-15+,22-20+. The molecule has 3 atom stereocenters. The summed E-state index contributed by atoms with van der Waals surface area (Å²) in [5.74, 6) is -0.223. The van der Waals surface area contributed by atoms with Gasteiger partial charge in [0.2, 0.25) is 5.91 Å². The topological polar surface area (TPSA) is 108 Å². The van der Waals surface area contributed by atoms with Gasteiger partial charge in [0.25, 0.3) is 7.82 Å². The molecule has 0 aromatic carbocycles. The number of carbonyl (C=O) groups is 1. The van der Waals surface area contributed by atoms with Crippen LogP contribution in [-0.2, 0) is 18.4 Å². The van der Waals surface area contributed by atoms with Crippen molar-refractivity contribution in [1.82, 2.24) is 5.32 Å². The van der Waals surface area contributed by atoms with E-state index in [2.05, 4.69) is 31.3 Å². The lowest BCUT2D eigenvalue weighted by Gasteiger charge is -2.29. The van der Waals surface area contributed by atoms with Gasteiger partial charge in [-0.2, -0.15) is 0 Å². The van der Waals surface area contributed by atoms with Gasteiger partial charge in [0.05, 0.1) is 39.9 Å². The van der Waals surface area contributed by atoms with Gasteiger partial charge in [0.1, 0.15) is 13.2 Å². The molecule has 0 radical (unpaired) electrons. The molecular formula is C29H57N2O6P. The third-order valence-corrected chi connectivity index (χ3v) is 7.13. The van der Waals surface area contributed by atoms with E-state index in [1.165, 1.54) is 44.9 Å². The van der Waals surface area contributed by atoms with E-state index >= 15 is 0 Å². The Morgan fingerprint density at radius 3 is 2.13 bits per heavy atom. The van der Waals surface area contributed by atoms with Crippen molar-refractivity contribution in [2.45, 2.75) is 116 Å². The fourth-order valence-corrected chi connectivity index (χ4v) is 4.42. The summed E-state index contributed by atoms with van der Waals surface area (Å²) in [5, 5.41) is 13.5. The molecule has 0 aliphatic carbocycles. The van der Waals surface area contributed by atoms with Crippen LogP contribution in [0.2, 0.25) is 0 Å². The minimum atomic E-state index is -4.56. The number of nitrogens with one attached hydrogen (secondary N) is 1. The van der Waals surface area contributed by atoms with Crippen LogP contribution in [-0.4, -0.2) is 68.5 Å². The van der Waals surface area contributed by atoms with Gasteiger partial charge < -0.3 is 28.8 Å². The number of aliphatic hydroxyl groups is 1. The zero-order valence-electron chi connectivity index (χ0n) is 24.9. The van der Waals surface area contributed by atoms with Crippen molar-refractivity contribution in [1.29, 1.82) is 0 Å². The Balaban J connectivity index is 4.77. The first-order valence-electron chi connectivity index (χ1n) is 14.7. The van der Waals surface area contributed by atoms with Crippen molar-refractivity contribution < 1.29 is 32.9 Å². The molecule has 0 spiro atoms. The summed E-state index contributed by atoms with van der Waals surface area (Å²) < 4.78 is 22.8. The average Bonchev–Trinajstić information content (AvgIpc) is 2.84. The number of phosphoric ester groups is 1. The number of allylic oxidation sites excluding steroid dienone is 3. The van der Waals surface area contributed by atoms with Crippen LogP contribution in [0, 0.1) is 0 Å². The van der Waals surface area contributed by atoms with Crippen LogP contribution >= 0.6 is 7.82 Å². The number of rotatable bonds is 25. The largest absolute Gasteiger partial charge is 0.756 e. The lowest BCUT2D eigenvalue weighted by molar-refractivity contribution is -0.870. The molecule has 0 aliphatic rings. The third-order valence-electron chi connectivity index (χ3n) is 6.16. The fraction of sp³-hybridized carbons (Fsp3) is 0.828. The number of likely N-dealkylation sites (N-methyl/N-ethyl adjacent to an activating group) is 1. The monoisotopic (exact) mass is 560 g/mol. The summed E-state index contributed by atoms with van der Waals surface area (Å²) in [6.45, 7) is 4.46. The summed E-state index contributed by atoms with van der Waals surface area (Å²) in [7, 11) is 1.23. The number of carbonyl (C=O) groups excluding carboxylic acids is 1. The molecular weight excluding hydrogens is 503 g/mol. The summed E-state index contributed by atoms with van der Waals surface area (Å²) in [5.41, 5.74) is 0. The highest BCUT2D eigenvalue weighted by Crippen LogP contribution is 2.38. The molecule has 8 nitrogen and oxygen atoms in total. The lowest BCUT2D eigenvalue weighted by Crippen LogP contribution is -2.45. The first-order chi connectivity index (χ1) is 18.0. The van der Waals surface area contributed by atoms with Crippen LogP contribution in [0.5, 0.6) is 0 Å². The predicted molar refractivity (Wildman–Crippen MR) is 155 cm³/mol. The zero-order valence-corrected chi connectivity index (χ0v) is 25.8. The maximum Gasteiger partial charge on any atom is 0.268 e. The summed E-state index contributed by atoms with van der Waals surface area (Å²) >= 11 is 0. The minimum absolute atomic E-state index is 0.00604. The first-order valence-corrected chi connectivity index (χ1v) is 16.2. The van der Waals surface area contributed by atoms with Crippen molar-refractivity contribution in [3.05, 3.63) is 24.3 Å². The lowest BCUT2D eigenvalue weighted by atomic mass is 10.1. The molecule has 1 amide bonds. The smallest absolute Gasteiger partial charge is 0.268 e. The second-order valence-corrected chi connectivity index (χ2v) is 12.5. The van der Waals surface area contributed by atoms with Crippen molar-refractivity contribution in [2.75, 3.05) is 40.9 Å². The molecule has 0 heterocycles. The van der Waals surface area contributed by atoms with Gasteiger partial charge in [-0.1, -0.05) is 89.5 Å². The molecule has 0 aliphatic heterocycles. The van der Waals surface area contributed by atoms with Gasteiger partial charge in [-0.25, -0.2) is 0 Å². The number of phosphoric acid groups is 1. The number of hydrogen-bond donors (Lipinski definition) is 2. The highest BCUT2D eigenvalue weighted by molar-refractivity contribution is 7.45. The number of hydrogen-bond acceptors (Lipinski definition) is 6. The van der Waals surface area contributed by atoms with Gasteiger partial charge in [0.15, 0.2) is 0 Å². The van der Waals surface area contributed by atoms with Gasteiger partial charge in [0, 0.05) is 6.42 Å². The van der Waals surface area contributed by atoms with E-state index in [9.17, 15) is 19.4 Å². The molecule has 0 rings (SSSR count). The van der Waals surface area contributed by atoms with E-state index < -0.39 is 26.6 Å². The van der Waals surface area contributed by atoms with Crippen LogP contribution in [0.3, 0.4) is 0 Å². The van der Waals surface area contributed by atoms with E-state index in [4.69, 9.17) is 9.05 Å². The maximum absolute atomic E-state index is 12.5. The molecule has 9 heteroatoms. The Hall–Kier alpha value is -1.02. The fourth-order valence-electron chi connectivity index (χ4n) is 3.69. The Morgan fingerprint density at radius 2 is 1.47 bits per heavy atom. The molecule has 0 aromatic rings. The van der Waals surface area contributed by atoms with E-state index in [0.29, 0.717) is 17.4 Å². The Morgan fingerprint density at radius 1 is 0.895 bits per heavy atom. The van der Waals surface area contributed by atoms with Crippen molar-refractivity contribution in [3.63, 3.8) is 0 Å². The van der Waals surface area contributed by atoms with Crippen molar-refractivity contribution in [2.24, 2.45) is 0 Å². The van der Waals surface area contributed by atoms with Crippen LogP contribution in [0.25, 0.3) is 0 Å². The number of nitrogens with zero attached hydrogens (tertiary/aromatic N) is 1. The molecule has 0 fully saturated rings. The molecule has 0 bridgehead atoms. The maximum atomic E-state index is 12.5. The first kappa shape index (κ1) is 37.0. The van der Waals surface area contributed by atoms with E-state index in [0.717, 1.165) is 38.5 Å². The third kappa shape index (κ3) is 24.1. The minimum Gasteiger partial charge on any atom is -0.756 e. The zero-order chi connectivity index (χ0) is 28.7. The predicted octanol–water partition coefficient (Wildman–Crippen LogP) is 5.65. The number of unbranched alkanes of at least 4 members (excludes halogenated alkanes) is 10. The number of amides is 1. The summed E-state index contributed by atoms with van der Waals surface area (Å²) in [4.78, 5) is 24.7. The highest BCUT2D eigenvalue weighted by atomic mass is 31.2. The summed E-state index contributed by atoms with van der Waals surface area (Å²) in [6, 6.07) is -0.891. The molecule has 0 aromatic heterocycles. The quantitative estimate of drug-likeness (QED) is 0.0646. The second kappa shape index (κ2) is 22.8. The van der Waals surface area contributed by atoms with Gasteiger partial charge in [-0.15, -0.1) is 0 Å². The van der Waals surface area contributed by atoms with Crippen LogP contribution in [0.15, 0.2) is 24.3 Å². The summed E-state index contributed by atoms with van der Waals surface area (Å²) in [6.07, 6.45) is 21.1. The molecule has 2 N–H and O–H groups in total. The molecule has 3 unspecified atom stereocenters. The molecule has 224 valence electrons. The van der Waals surface area contributed by atoms with Gasteiger partial charge in [-0.05, 0) is 32.1 Å².